The van der Waals surface area contributed by atoms with E-state index in [1.165, 1.54) is 19.3 Å². The Bertz CT molecular complexity index is 498. The Morgan fingerprint density at radius 1 is 1.32 bits per heavy atom. The second-order valence-corrected chi connectivity index (χ2v) is 5.71. The molecule has 0 spiro atoms. The number of hydrogen-bond donors (Lipinski definition) is 2. The standard InChI is InChI=1S/C14H24N6O.HI/c15-14(16-9-11-5-4-8-21-11)17-10-13-19-18-12-6-2-1-3-7-20(12)13;/h11H,1-10H2,(H3,15,16,17);1H. The van der Waals surface area contributed by atoms with E-state index in [4.69, 9.17) is 10.5 Å². The van der Waals surface area contributed by atoms with Gasteiger partial charge in [-0.2, -0.15) is 0 Å². The van der Waals surface area contributed by atoms with E-state index in [1.807, 2.05) is 0 Å². The van der Waals surface area contributed by atoms with Crippen molar-refractivity contribution in [3.63, 3.8) is 0 Å². The third kappa shape index (κ3) is 4.55. The third-order valence-corrected chi connectivity index (χ3v) is 4.11. The Morgan fingerprint density at radius 3 is 3.05 bits per heavy atom. The lowest BCUT2D eigenvalue weighted by atomic mass is 10.2. The Hall–Kier alpha value is -0.900. The van der Waals surface area contributed by atoms with E-state index in [0.717, 1.165) is 50.6 Å². The monoisotopic (exact) mass is 420 g/mol. The molecule has 2 aliphatic heterocycles. The first-order chi connectivity index (χ1) is 10.3. The summed E-state index contributed by atoms with van der Waals surface area (Å²) in [7, 11) is 0. The lowest BCUT2D eigenvalue weighted by molar-refractivity contribution is 0.114. The average molecular weight is 420 g/mol. The van der Waals surface area contributed by atoms with Gasteiger partial charge in [-0.1, -0.05) is 6.42 Å². The molecule has 1 saturated heterocycles. The summed E-state index contributed by atoms with van der Waals surface area (Å²) in [5.41, 5.74) is 5.90. The molecule has 1 aromatic heterocycles. The molecule has 22 heavy (non-hydrogen) atoms. The summed E-state index contributed by atoms with van der Waals surface area (Å²) >= 11 is 0. The summed E-state index contributed by atoms with van der Waals surface area (Å²) in [5.74, 6) is 2.45. The predicted octanol–water partition coefficient (Wildman–Crippen LogP) is 1.21. The molecular formula is C14H25IN6O. The van der Waals surface area contributed by atoms with Gasteiger partial charge in [-0.25, -0.2) is 4.99 Å². The fourth-order valence-corrected chi connectivity index (χ4v) is 2.90. The summed E-state index contributed by atoms with van der Waals surface area (Å²) in [6.45, 7) is 3.07. The highest BCUT2D eigenvalue weighted by Gasteiger charge is 2.16. The number of halogens is 1. The highest BCUT2D eigenvalue weighted by Crippen LogP contribution is 2.14. The van der Waals surface area contributed by atoms with Crippen LogP contribution in [0.3, 0.4) is 0 Å². The van der Waals surface area contributed by atoms with Crippen LogP contribution in [0.25, 0.3) is 0 Å². The zero-order chi connectivity index (χ0) is 14.5. The van der Waals surface area contributed by atoms with Crippen LogP contribution >= 0.6 is 24.0 Å². The number of fused-ring (bicyclic) bond motifs is 1. The molecule has 3 rings (SSSR count). The van der Waals surface area contributed by atoms with E-state index in [9.17, 15) is 0 Å². The number of rotatable bonds is 4. The van der Waals surface area contributed by atoms with E-state index >= 15 is 0 Å². The Kier molecular flexibility index (Phi) is 6.87. The minimum absolute atomic E-state index is 0. The molecule has 1 aromatic rings. The summed E-state index contributed by atoms with van der Waals surface area (Å²) < 4.78 is 7.74. The van der Waals surface area contributed by atoms with E-state index in [0.29, 0.717) is 12.5 Å². The van der Waals surface area contributed by atoms with Crippen LogP contribution in [0.5, 0.6) is 0 Å². The number of nitrogens with two attached hydrogens (primary N) is 1. The van der Waals surface area contributed by atoms with Crippen molar-refractivity contribution >= 4 is 29.9 Å². The zero-order valence-corrected chi connectivity index (χ0v) is 15.2. The van der Waals surface area contributed by atoms with Gasteiger partial charge in [0.05, 0.1) is 6.10 Å². The van der Waals surface area contributed by atoms with Gasteiger partial charge in [0.1, 0.15) is 12.4 Å². The fourth-order valence-electron chi connectivity index (χ4n) is 2.90. The smallest absolute Gasteiger partial charge is 0.189 e. The van der Waals surface area contributed by atoms with Crippen molar-refractivity contribution in [2.75, 3.05) is 13.2 Å². The Balaban J connectivity index is 0.00000176. The number of aromatic nitrogens is 3. The molecule has 0 amide bonds. The molecule has 8 heteroatoms. The summed E-state index contributed by atoms with van der Waals surface area (Å²) in [4.78, 5) is 4.37. The SMILES string of the molecule is I.NC(=NCc1nnc2n1CCCCC2)NCC1CCCO1. The molecular weight excluding hydrogens is 395 g/mol. The molecule has 3 N–H and O–H groups in total. The van der Waals surface area contributed by atoms with E-state index < -0.39 is 0 Å². The van der Waals surface area contributed by atoms with E-state index in [-0.39, 0.29) is 30.1 Å². The maximum absolute atomic E-state index is 5.90. The molecule has 0 radical (unpaired) electrons. The van der Waals surface area contributed by atoms with E-state index in [2.05, 4.69) is 25.1 Å². The minimum atomic E-state index is 0. The number of hydrogen-bond acceptors (Lipinski definition) is 4. The van der Waals surface area contributed by atoms with Crippen molar-refractivity contribution in [1.82, 2.24) is 20.1 Å². The molecule has 0 bridgehead atoms. The maximum atomic E-state index is 5.90. The molecule has 3 heterocycles. The van der Waals surface area contributed by atoms with Gasteiger partial charge in [-0.3, -0.25) is 0 Å². The first-order valence-corrected chi connectivity index (χ1v) is 7.89. The molecule has 1 atom stereocenters. The van der Waals surface area contributed by atoms with Crippen molar-refractivity contribution in [3.05, 3.63) is 11.6 Å². The number of aliphatic imine (C=N–C) groups is 1. The van der Waals surface area contributed by atoms with Crippen molar-refractivity contribution < 1.29 is 4.74 Å². The van der Waals surface area contributed by atoms with Crippen LogP contribution in [-0.2, 0) is 24.2 Å². The number of nitrogens with one attached hydrogen (secondary N) is 1. The van der Waals surface area contributed by atoms with E-state index in [1.54, 1.807) is 0 Å². The van der Waals surface area contributed by atoms with Gasteiger partial charge in [0.2, 0.25) is 0 Å². The van der Waals surface area contributed by atoms with Crippen molar-refractivity contribution in [3.8, 4) is 0 Å². The number of guanidine groups is 1. The molecule has 7 nitrogen and oxygen atoms in total. The molecule has 1 unspecified atom stereocenters. The minimum Gasteiger partial charge on any atom is -0.376 e. The fraction of sp³-hybridized carbons (Fsp3) is 0.786. The van der Waals surface area contributed by atoms with Crippen LogP contribution in [0.4, 0.5) is 0 Å². The average Bonchev–Trinajstić information content (AvgIpc) is 3.08. The lowest BCUT2D eigenvalue weighted by Crippen LogP contribution is -2.37. The normalized spacial score (nSPS) is 21.8. The largest absolute Gasteiger partial charge is 0.376 e. The van der Waals surface area contributed by atoms with Gasteiger partial charge in [0.15, 0.2) is 11.8 Å². The highest BCUT2D eigenvalue weighted by atomic mass is 127. The molecule has 1 fully saturated rings. The topological polar surface area (TPSA) is 90.4 Å². The van der Waals surface area contributed by atoms with Gasteiger partial charge in [0, 0.05) is 26.1 Å². The van der Waals surface area contributed by atoms with Gasteiger partial charge in [-0.15, -0.1) is 34.2 Å². The second kappa shape index (κ2) is 8.66. The van der Waals surface area contributed by atoms with Crippen molar-refractivity contribution in [1.29, 1.82) is 0 Å². The first-order valence-electron chi connectivity index (χ1n) is 7.89. The molecule has 0 aromatic carbocycles. The van der Waals surface area contributed by atoms with Gasteiger partial charge in [-0.05, 0) is 25.7 Å². The summed E-state index contributed by atoms with van der Waals surface area (Å²) in [6.07, 6.45) is 7.16. The van der Waals surface area contributed by atoms with Crippen molar-refractivity contribution in [2.45, 2.75) is 57.7 Å². The van der Waals surface area contributed by atoms with Gasteiger partial charge < -0.3 is 20.4 Å². The van der Waals surface area contributed by atoms with Crippen LogP contribution in [0.1, 0.15) is 43.8 Å². The lowest BCUT2D eigenvalue weighted by Gasteiger charge is -2.11. The Morgan fingerprint density at radius 2 is 2.23 bits per heavy atom. The number of nitrogens with zero attached hydrogens (tertiary/aromatic N) is 4. The summed E-state index contributed by atoms with van der Waals surface area (Å²) in [5, 5.41) is 11.6. The quantitative estimate of drug-likeness (QED) is 0.434. The molecule has 2 aliphatic rings. The highest BCUT2D eigenvalue weighted by molar-refractivity contribution is 14.0. The van der Waals surface area contributed by atoms with Gasteiger partial charge in [0.25, 0.3) is 0 Å². The maximum Gasteiger partial charge on any atom is 0.189 e. The number of aryl methyl sites for hydroxylation is 1. The summed E-state index contributed by atoms with van der Waals surface area (Å²) in [6, 6.07) is 0. The zero-order valence-electron chi connectivity index (χ0n) is 12.8. The molecule has 124 valence electrons. The molecule has 0 saturated carbocycles. The van der Waals surface area contributed by atoms with Crippen LogP contribution in [-0.4, -0.2) is 40.0 Å². The first kappa shape index (κ1) is 17.5. The molecule has 0 aliphatic carbocycles. The third-order valence-electron chi connectivity index (χ3n) is 4.11. The van der Waals surface area contributed by atoms with Gasteiger partial charge >= 0.3 is 0 Å². The van der Waals surface area contributed by atoms with Crippen LogP contribution in [0, 0.1) is 0 Å². The Labute approximate surface area is 148 Å². The second-order valence-electron chi connectivity index (χ2n) is 5.71. The van der Waals surface area contributed by atoms with Crippen LogP contribution < -0.4 is 11.1 Å². The van der Waals surface area contributed by atoms with Crippen LogP contribution in [0.15, 0.2) is 4.99 Å². The van der Waals surface area contributed by atoms with Crippen molar-refractivity contribution in [2.24, 2.45) is 10.7 Å². The predicted molar refractivity (Wildman–Crippen MR) is 95.3 cm³/mol. The van der Waals surface area contributed by atoms with Crippen LogP contribution in [0.2, 0.25) is 0 Å². The number of ether oxygens (including phenoxy) is 1.